The van der Waals surface area contributed by atoms with Gasteiger partial charge >= 0.3 is 0 Å². The van der Waals surface area contributed by atoms with Crippen LogP contribution in [0, 0.1) is 0 Å². The number of hydrogen-bond donors (Lipinski definition) is 2. The number of piperidine rings is 1. The molecule has 0 aromatic carbocycles. The summed E-state index contributed by atoms with van der Waals surface area (Å²) >= 11 is 1.37. The van der Waals surface area contributed by atoms with E-state index in [0.717, 1.165) is 24.5 Å². The minimum atomic E-state index is -0.237. The SMILES string of the molecule is Nc1nnc(N2CCCC(O)C2)s1. The molecule has 2 heterocycles. The van der Waals surface area contributed by atoms with Gasteiger partial charge in [-0.2, -0.15) is 0 Å². The molecule has 1 fully saturated rings. The van der Waals surface area contributed by atoms with Crippen molar-refractivity contribution in [2.24, 2.45) is 0 Å². The van der Waals surface area contributed by atoms with Crippen molar-refractivity contribution in [3.63, 3.8) is 0 Å². The Kier molecular flexibility index (Phi) is 2.32. The predicted octanol–water partition coefficient (Wildman–Crippen LogP) is 0.0814. The first-order chi connectivity index (χ1) is 6.25. The molecule has 1 aliphatic heterocycles. The lowest BCUT2D eigenvalue weighted by Crippen LogP contribution is -2.38. The average molecular weight is 200 g/mol. The zero-order valence-electron chi connectivity index (χ0n) is 7.18. The van der Waals surface area contributed by atoms with Gasteiger partial charge in [0.05, 0.1) is 6.10 Å². The van der Waals surface area contributed by atoms with E-state index in [9.17, 15) is 5.11 Å². The standard InChI is InChI=1S/C7H12N4OS/c8-6-9-10-7(13-6)11-3-1-2-5(12)4-11/h5,12H,1-4H2,(H2,8,9). The maximum Gasteiger partial charge on any atom is 0.210 e. The summed E-state index contributed by atoms with van der Waals surface area (Å²) < 4.78 is 0. The highest BCUT2D eigenvalue weighted by molar-refractivity contribution is 7.18. The number of hydrogen-bond acceptors (Lipinski definition) is 6. The maximum atomic E-state index is 9.43. The van der Waals surface area contributed by atoms with Crippen molar-refractivity contribution in [3.05, 3.63) is 0 Å². The van der Waals surface area contributed by atoms with Gasteiger partial charge < -0.3 is 15.7 Å². The van der Waals surface area contributed by atoms with Gasteiger partial charge in [0.15, 0.2) is 0 Å². The number of nitrogens with zero attached hydrogens (tertiary/aromatic N) is 3. The van der Waals surface area contributed by atoms with Crippen LogP contribution in [-0.2, 0) is 0 Å². The summed E-state index contributed by atoms with van der Waals surface area (Å²) in [7, 11) is 0. The molecule has 0 radical (unpaired) electrons. The number of aromatic nitrogens is 2. The molecule has 1 unspecified atom stereocenters. The van der Waals surface area contributed by atoms with Crippen LogP contribution in [0.1, 0.15) is 12.8 Å². The third-order valence-corrected chi connectivity index (χ3v) is 2.91. The minimum absolute atomic E-state index is 0.237. The van der Waals surface area contributed by atoms with Crippen molar-refractivity contribution in [1.82, 2.24) is 10.2 Å². The van der Waals surface area contributed by atoms with Crippen molar-refractivity contribution in [3.8, 4) is 0 Å². The molecule has 0 spiro atoms. The second-order valence-corrected chi connectivity index (χ2v) is 4.15. The Hall–Kier alpha value is -0.880. The van der Waals surface area contributed by atoms with E-state index < -0.39 is 0 Å². The number of nitrogens with two attached hydrogens (primary N) is 1. The molecule has 1 saturated heterocycles. The molecule has 2 rings (SSSR count). The zero-order chi connectivity index (χ0) is 9.26. The van der Waals surface area contributed by atoms with Gasteiger partial charge in [-0.05, 0) is 12.8 Å². The first kappa shape index (κ1) is 8.71. The van der Waals surface area contributed by atoms with Crippen LogP contribution in [0.2, 0.25) is 0 Å². The molecule has 6 heteroatoms. The summed E-state index contributed by atoms with van der Waals surface area (Å²) in [5, 5.41) is 18.4. The monoisotopic (exact) mass is 200 g/mol. The lowest BCUT2D eigenvalue weighted by molar-refractivity contribution is 0.154. The number of aliphatic hydroxyl groups is 1. The van der Waals surface area contributed by atoms with Crippen molar-refractivity contribution in [2.75, 3.05) is 23.7 Å². The zero-order valence-corrected chi connectivity index (χ0v) is 8.00. The molecule has 72 valence electrons. The Balaban J connectivity index is 2.08. The van der Waals surface area contributed by atoms with E-state index in [1.165, 1.54) is 11.3 Å². The fourth-order valence-corrected chi connectivity index (χ4v) is 2.13. The van der Waals surface area contributed by atoms with Gasteiger partial charge in [-0.25, -0.2) is 0 Å². The lowest BCUT2D eigenvalue weighted by Gasteiger charge is -2.29. The van der Waals surface area contributed by atoms with Gasteiger partial charge in [-0.3, -0.25) is 0 Å². The molecule has 0 aliphatic carbocycles. The van der Waals surface area contributed by atoms with E-state index in [0.29, 0.717) is 11.7 Å². The molecule has 0 bridgehead atoms. The summed E-state index contributed by atoms with van der Waals surface area (Å²) in [4.78, 5) is 2.03. The summed E-state index contributed by atoms with van der Waals surface area (Å²) in [5.74, 6) is 0. The topological polar surface area (TPSA) is 75.3 Å². The molecule has 1 aliphatic rings. The van der Waals surface area contributed by atoms with E-state index in [4.69, 9.17) is 5.73 Å². The highest BCUT2D eigenvalue weighted by Crippen LogP contribution is 2.24. The fraction of sp³-hybridized carbons (Fsp3) is 0.714. The molecular formula is C7H12N4OS. The molecule has 1 aromatic rings. The molecule has 1 atom stereocenters. The van der Waals surface area contributed by atoms with Crippen LogP contribution in [0.15, 0.2) is 0 Å². The van der Waals surface area contributed by atoms with Gasteiger partial charge in [0.2, 0.25) is 10.3 Å². The van der Waals surface area contributed by atoms with Crippen molar-refractivity contribution < 1.29 is 5.11 Å². The number of β-amino-alcohol motifs (C(OH)–C–C–N with tert-alkyl or cyclic N) is 1. The van der Waals surface area contributed by atoms with E-state index >= 15 is 0 Å². The highest BCUT2D eigenvalue weighted by atomic mass is 32.1. The van der Waals surface area contributed by atoms with Crippen LogP contribution in [0.25, 0.3) is 0 Å². The molecule has 5 nitrogen and oxygen atoms in total. The van der Waals surface area contributed by atoms with Gasteiger partial charge in [0, 0.05) is 13.1 Å². The van der Waals surface area contributed by atoms with Crippen LogP contribution in [0.4, 0.5) is 10.3 Å². The summed E-state index contributed by atoms with van der Waals surface area (Å²) in [5.41, 5.74) is 5.48. The third-order valence-electron chi connectivity index (χ3n) is 2.10. The Morgan fingerprint density at radius 1 is 1.54 bits per heavy atom. The van der Waals surface area contributed by atoms with Crippen LogP contribution < -0.4 is 10.6 Å². The second-order valence-electron chi connectivity index (χ2n) is 3.16. The van der Waals surface area contributed by atoms with Gasteiger partial charge in [-0.1, -0.05) is 11.3 Å². The largest absolute Gasteiger partial charge is 0.391 e. The van der Waals surface area contributed by atoms with E-state index in [1.54, 1.807) is 0 Å². The van der Waals surface area contributed by atoms with E-state index in [-0.39, 0.29) is 6.10 Å². The van der Waals surface area contributed by atoms with Crippen molar-refractivity contribution >= 4 is 21.6 Å². The summed E-state index contributed by atoms with van der Waals surface area (Å²) in [6.45, 7) is 1.58. The van der Waals surface area contributed by atoms with Crippen molar-refractivity contribution in [2.45, 2.75) is 18.9 Å². The second kappa shape index (κ2) is 3.47. The Morgan fingerprint density at radius 2 is 2.38 bits per heavy atom. The highest BCUT2D eigenvalue weighted by Gasteiger charge is 2.20. The maximum absolute atomic E-state index is 9.43. The van der Waals surface area contributed by atoms with Gasteiger partial charge in [0.25, 0.3) is 0 Å². The Labute approximate surface area is 80.2 Å². The number of aliphatic hydroxyl groups excluding tert-OH is 1. The summed E-state index contributed by atoms with van der Waals surface area (Å²) in [6, 6.07) is 0. The quantitative estimate of drug-likeness (QED) is 0.671. The van der Waals surface area contributed by atoms with E-state index in [2.05, 4.69) is 10.2 Å². The Bertz CT molecular complexity index is 290. The van der Waals surface area contributed by atoms with Crippen LogP contribution in [0.5, 0.6) is 0 Å². The number of rotatable bonds is 1. The molecule has 3 N–H and O–H groups in total. The lowest BCUT2D eigenvalue weighted by atomic mass is 10.1. The van der Waals surface area contributed by atoms with E-state index in [1.807, 2.05) is 4.90 Å². The molecule has 1 aromatic heterocycles. The molecule has 0 amide bonds. The minimum Gasteiger partial charge on any atom is -0.391 e. The third kappa shape index (κ3) is 1.89. The molecule has 0 saturated carbocycles. The van der Waals surface area contributed by atoms with Gasteiger partial charge in [-0.15, -0.1) is 10.2 Å². The van der Waals surface area contributed by atoms with Gasteiger partial charge in [0.1, 0.15) is 0 Å². The smallest absolute Gasteiger partial charge is 0.210 e. The molecular weight excluding hydrogens is 188 g/mol. The first-order valence-corrected chi connectivity index (χ1v) is 5.09. The normalized spacial score (nSPS) is 23.5. The first-order valence-electron chi connectivity index (χ1n) is 4.27. The summed E-state index contributed by atoms with van der Waals surface area (Å²) in [6.07, 6.45) is 1.64. The predicted molar refractivity (Wildman–Crippen MR) is 51.8 cm³/mol. The van der Waals surface area contributed by atoms with Crippen LogP contribution >= 0.6 is 11.3 Å². The molecule has 13 heavy (non-hydrogen) atoms. The average Bonchev–Trinajstić information content (AvgIpc) is 2.52. The van der Waals surface area contributed by atoms with Crippen LogP contribution in [-0.4, -0.2) is 34.5 Å². The van der Waals surface area contributed by atoms with Crippen molar-refractivity contribution in [1.29, 1.82) is 0 Å². The number of anilines is 2. The fourth-order valence-electron chi connectivity index (χ4n) is 1.48. The Morgan fingerprint density at radius 3 is 3.00 bits per heavy atom. The van der Waals surface area contributed by atoms with Crippen LogP contribution in [0.3, 0.4) is 0 Å². The number of nitrogen functional groups attached to an aromatic ring is 1.